The van der Waals surface area contributed by atoms with Crippen LogP contribution in [-0.2, 0) is 11.4 Å². The van der Waals surface area contributed by atoms with Gasteiger partial charge in [0.2, 0.25) is 5.91 Å². The first-order valence-corrected chi connectivity index (χ1v) is 9.97. The molecule has 0 spiro atoms. The predicted molar refractivity (Wildman–Crippen MR) is 97.7 cm³/mol. The normalized spacial score (nSPS) is 20.0. The van der Waals surface area contributed by atoms with Gasteiger partial charge in [0, 0.05) is 17.3 Å². The number of hydrogen-bond acceptors (Lipinski definition) is 7. The summed E-state index contributed by atoms with van der Waals surface area (Å²) in [7, 11) is 1.43. The molecule has 2 N–H and O–H groups in total. The zero-order chi connectivity index (χ0) is 19.8. The molecule has 2 heterocycles. The molecule has 1 aliphatic rings. The molecule has 3 rings (SSSR count). The summed E-state index contributed by atoms with van der Waals surface area (Å²) in [5, 5.41) is 14.8. The molecule has 0 atom stereocenters. The Kier molecular flexibility index (Phi) is 5.84. The minimum atomic E-state index is -4.23. The van der Waals surface area contributed by atoms with E-state index in [1.165, 1.54) is 34.6 Å². The molecule has 1 aliphatic carbocycles. The second-order valence-electron chi connectivity index (χ2n) is 6.56. The van der Waals surface area contributed by atoms with Crippen molar-refractivity contribution in [1.82, 2.24) is 14.9 Å². The van der Waals surface area contributed by atoms with Gasteiger partial charge in [-0.25, -0.2) is 9.97 Å². The third kappa shape index (κ3) is 4.84. The number of rotatable bonds is 6. The number of aliphatic hydroxyl groups is 1. The van der Waals surface area contributed by atoms with Gasteiger partial charge in [-0.1, -0.05) is 0 Å². The quantitative estimate of drug-likeness (QED) is 0.750. The Labute approximate surface area is 162 Å². The van der Waals surface area contributed by atoms with Crippen LogP contribution in [0.2, 0.25) is 0 Å². The van der Waals surface area contributed by atoms with E-state index in [0.717, 1.165) is 10.6 Å². The Bertz CT molecular complexity index is 815. The second kappa shape index (κ2) is 7.82. The Morgan fingerprint density at radius 3 is 2.70 bits per heavy atom. The van der Waals surface area contributed by atoms with E-state index in [0.29, 0.717) is 28.7 Å². The number of nitrogens with one attached hydrogen (secondary N) is 1. The molecule has 0 bridgehead atoms. The fourth-order valence-electron chi connectivity index (χ4n) is 2.97. The standard InChI is InChI=1S/C16H19F3N4O2S2/c1-8-13(27-12(5-24)20-8)11-6-26-15(21-11)22-14(25)9-3-10(4-9)23(2)7-16(17,18)19/h6,9-10,24H,3-5,7H2,1-2H3,(H,21,22,25)/t9-,10+. The third-order valence-corrected chi connectivity index (χ3v) is 6.40. The summed E-state index contributed by atoms with van der Waals surface area (Å²) in [5.74, 6) is -0.520. The highest BCUT2D eigenvalue weighted by molar-refractivity contribution is 7.17. The molecule has 0 aromatic carbocycles. The van der Waals surface area contributed by atoms with Crippen molar-refractivity contribution in [3.63, 3.8) is 0 Å². The second-order valence-corrected chi connectivity index (χ2v) is 8.50. The minimum absolute atomic E-state index is 0.134. The van der Waals surface area contributed by atoms with Crippen LogP contribution >= 0.6 is 22.7 Å². The van der Waals surface area contributed by atoms with Gasteiger partial charge in [0.25, 0.3) is 0 Å². The van der Waals surface area contributed by atoms with Crippen LogP contribution in [0.25, 0.3) is 10.6 Å². The van der Waals surface area contributed by atoms with Gasteiger partial charge in [-0.2, -0.15) is 13.2 Å². The Hall–Kier alpha value is -1.56. The van der Waals surface area contributed by atoms with E-state index in [-0.39, 0.29) is 24.5 Å². The van der Waals surface area contributed by atoms with Gasteiger partial charge in [0.05, 0.1) is 29.4 Å². The molecule has 2 aromatic heterocycles. The monoisotopic (exact) mass is 420 g/mol. The summed E-state index contributed by atoms with van der Waals surface area (Å²) in [4.78, 5) is 23.0. The van der Waals surface area contributed by atoms with E-state index in [2.05, 4.69) is 15.3 Å². The highest BCUT2D eigenvalue weighted by Crippen LogP contribution is 2.35. The van der Waals surface area contributed by atoms with Crippen LogP contribution in [0.15, 0.2) is 5.38 Å². The summed E-state index contributed by atoms with van der Waals surface area (Å²) in [6.45, 7) is 0.727. The lowest BCUT2D eigenvalue weighted by Gasteiger charge is -2.40. The molecule has 0 saturated heterocycles. The number of alkyl halides is 3. The molecule has 0 unspecified atom stereocenters. The zero-order valence-electron chi connectivity index (χ0n) is 14.7. The van der Waals surface area contributed by atoms with Gasteiger partial charge in [-0.05, 0) is 26.8 Å². The number of anilines is 1. The molecular formula is C16H19F3N4O2S2. The average Bonchev–Trinajstić information content (AvgIpc) is 3.09. The van der Waals surface area contributed by atoms with Crippen molar-refractivity contribution in [2.75, 3.05) is 18.9 Å². The summed E-state index contributed by atoms with van der Waals surface area (Å²) in [6, 6.07) is -0.231. The largest absolute Gasteiger partial charge is 0.401 e. The first-order valence-electron chi connectivity index (χ1n) is 8.27. The van der Waals surface area contributed by atoms with Crippen molar-refractivity contribution in [2.24, 2.45) is 5.92 Å². The fraction of sp³-hybridized carbons (Fsp3) is 0.562. The van der Waals surface area contributed by atoms with Gasteiger partial charge in [-0.3, -0.25) is 9.69 Å². The molecule has 1 fully saturated rings. The molecule has 0 aliphatic heterocycles. The van der Waals surface area contributed by atoms with Crippen LogP contribution < -0.4 is 5.32 Å². The first kappa shape index (κ1) is 20.2. The van der Waals surface area contributed by atoms with E-state index in [4.69, 9.17) is 0 Å². The number of carbonyl (C=O) groups excluding carboxylic acids is 1. The molecule has 0 radical (unpaired) electrons. The molecule has 11 heteroatoms. The van der Waals surface area contributed by atoms with E-state index in [1.807, 2.05) is 6.92 Å². The maximum atomic E-state index is 12.4. The van der Waals surface area contributed by atoms with Crippen LogP contribution in [0.3, 0.4) is 0 Å². The topological polar surface area (TPSA) is 78.4 Å². The lowest BCUT2D eigenvalue weighted by Crippen LogP contribution is -2.49. The van der Waals surface area contributed by atoms with E-state index in [1.54, 1.807) is 5.38 Å². The van der Waals surface area contributed by atoms with Crippen molar-refractivity contribution >= 4 is 33.7 Å². The molecule has 1 amide bonds. The lowest BCUT2D eigenvalue weighted by molar-refractivity contribution is -0.153. The number of aliphatic hydroxyl groups excluding tert-OH is 1. The summed E-state index contributed by atoms with van der Waals surface area (Å²) in [5.41, 5.74) is 1.45. The Morgan fingerprint density at radius 1 is 1.41 bits per heavy atom. The molecular weight excluding hydrogens is 401 g/mol. The summed E-state index contributed by atoms with van der Waals surface area (Å²) in [6.07, 6.45) is -3.42. The molecule has 1 saturated carbocycles. The molecule has 148 valence electrons. The first-order chi connectivity index (χ1) is 12.7. The van der Waals surface area contributed by atoms with Crippen molar-refractivity contribution in [2.45, 2.75) is 38.6 Å². The van der Waals surface area contributed by atoms with Crippen LogP contribution in [0.5, 0.6) is 0 Å². The van der Waals surface area contributed by atoms with Crippen molar-refractivity contribution in [1.29, 1.82) is 0 Å². The number of thiazole rings is 2. The minimum Gasteiger partial charge on any atom is -0.389 e. The van der Waals surface area contributed by atoms with Crippen molar-refractivity contribution < 1.29 is 23.1 Å². The molecule has 27 heavy (non-hydrogen) atoms. The predicted octanol–water partition coefficient (Wildman–Crippen LogP) is 3.28. The van der Waals surface area contributed by atoms with E-state index in [9.17, 15) is 23.1 Å². The number of hydrogen-bond donors (Lipinski definition) is 2. The average molecular weight is 420 g/mol. The number of aromatic nitrogens is 2. The number of carbonyl (C=O) groups is 1. The van der Waals surface area contributed by atoms with Crippen LogP contribution in [-0.4, -0.2) is 51.7 Å². The van der Waals surface area contributed by atoms with Crippen LogP contribution in [0, 0.1) is 12.8 Å². The van der Waals surface area contributed by atoms with Gasteiger partial charge in [0.15, 0.2) is 5.13 Å². The number of aryl methyl sites for hydroxylation is 1. The van der Waals surface area contributed by atoms with Gasteiger partial charge < -0.3 is 10.4 Å². The maximum absolute atomic E-state index is 12.4. The summed E-state index contributed by atoms with van der Waals surface area (Å²) >= 11 is 2.63. The van der Waals surface area contributed by atoms with Crippen molar-refractivity contribution in [3.05, 3.63) is 16.1 Å². The van der Waals surface area contributed by atoms with Crippen molar-refractivity contribution in [3.8, 4) is 10.6 Å². The molecule has 6 nitrogen and oxygen atoms in total. The van der Waals surface area contributed by atoms with Crippen LogP contribution in [0.4, 0.5) is 18.3 Å². The van der Waals surface area contributed by atoms with E-state index < -0.39 is 12.7 Å². The molecule has 2 aromatic rings. The van der Waals surface area contributed by atoms with Gasteiger partial charge in [0.1, 0.15) is 5.01 Å². The SMILES string of the molecule is Cc1nc(CO)sc1-c1csc(NC(=O)[C@H]2C[C@@H](N(C)CC(F)(F)F)C2)n1. The zero-order valence-corrected chi connectivity index (χ0v) is 16.3. The Balaban J connectivity index is 1.54. The smallest absolute Gasteiger partial charge is 0.389 e. The van der Waals surface area contributed by atoms with Crippen LogP contribution in [0.1, 0.15) is 23.5 Å². The van der Waals surface area contributed by atoms with E-state index >= 15 is 0 Å². The third-order valence-electron chi connectivity index (χ3n) is 4.48. The number of amides is 1. The Morgan fingerprint density at radius 2 is 2.11 bits per heavy atom. The maximum Gasteiger partial charge on any atom is 0.401 e. The number of halogens is 3. The van der Waals surface area contributed by atoms with Gasteiger partial charge >= 0.3 is 6.18 Å². The summed E-state index contributed by atoms with van der Waals surface area (Å²) < 4.78 is 37.3. The van der Waals surface area contributed by atoms with Gasteiger partial charge in [-0.15, -0.1) is 22.7 Å². The highest BCUT2D eigenvalue weighted by atomic mass is 32.1. The lowest BCUT2D eigenvalue weighted by atomic mass is 9.79. The highest BCUT2D eigenvalue weighted by Gasteiger charge is 2.40. The fourth-order valence-corrected chi connectivity index (χ4v) is 4.64. The number of nitrogens with zero attached hydrogens (tertiary/aromatic N) is 3.